The number of nitrogens with one attached hydrogen (secondary N) is 1. The number of benzene rings is 2. The molecule has 0 bridgehead atoms. The van der Waals surface area contributed by atoms with E-state index in [-0.39, 0.29) is 5.91 Å². The molecule has 0 unspecified atom stereocenters. The van der Waals surface area contributed by atoms with Gasteiger partial charge in [0.1, 0.15) is 5.69 Å². The maximum atomic E-state index is 12.9. The van der Waals surface area contributed by atoms with Crippen molar-refractivity contribution in [1.82, 2.24) is 14.8 Å². The smallest absolute Gasteiger partial charge is 0.261 e. The fourth-order valence-corrected chi connectivity index (χ4v) is 3.44. The number of aryl methyl sites for hydroxylation is 2. The second-order valence-electron chi connectivity index (χ2n) is 6.29. The SMILES string of the molecule is Cc1ccc(-c2nn(-c3ccccc3)cc2C(=O)Nc2nc(C)cs2)cc1. The van der Waals surface area contributed by atoms with E-state index in [0.717, 1.165) is 22.5 Å². The van der Waals surface area contributed by atoms with Gasteiger partial charge in [-0.05, 0) is 26.0 Å². The molecule has 0 aliphatic heterocycles. The maximum Gasteiger partial charge on any atom is 0.261 e. The van der Waals surface area contributed by atoms with Crippen molar-refractivity contribution in [2.24, 2.45) is 0 Å². The van der Waals surface area contributed by atoms with E-state index in [1.54, 1.807) is 10.9 Å². The number of hydrogen-bond acceptors (Lipinski definition) is 4. The minimum atomic E-state index is -0.220. The van der Waals surface area contributed by atoms with Gasteiger partial charge in [-0.2, -0.15) is 5.10 Å². The molecule has 1 N–H and O–H groups in total. The zero-order valence-electron chi connectivity index (χ0n) is 15.0. The fourth-order valence-electron chi connectivity index (χ4n) is 2.75. The lowest BCUT2D eigenvalue weighted by Crippen LogP contribution is -2.12. The number of aromatic nitrogens is 3. The summed E-state index contributed by atoms with van der Waals surface area (Å²) in [6, 6.07) is 17.8. The van der Waals surface area contributed by atoms with Crippen molar-refractivity contribution in [3.05, 3.63) is 83.0 Å². The molecule has 0 saturated heterocycles. The molecule has 134 valence electrons. The summed E-state index contributed by atoms with van der Waals surface area (Å²) in [6.45, 7) is 3.93. The molecule has 0 atom stereocenters. The van der Waals surface area contributed by atoms with Gasteiger partial charge in [-0.3, -0.25) is 10.1 Å². The highest BCUT2D eigenvalue weighted by atomic mass is 32.1. The van der Waals surface area contributed by atoms with Gasteiger partial charge < -0.3 is 0 Å². The summed E-state index contributed by atoms with van der Waals surface area (Å²) in [5.74, 6) is -0.220. The third kappa shape index (κ3) is 3.66. The number of hydrogen-bond donors (Lipinski definition) is 1. The Morgan fingerprint density at radius 2 is 1.78 bits per heavy atom. The molecule has 1 amide bonds. The standard InChI is InChI=1S/C21H18N4OS/c1-14-8-10-16(11-9-14)19-18(20(26)23-21-22-15(2)13-27-21)12-25(24-19)17-6-4-3-5-7-17/h3-13H,1-2H3,(H,22,23,26). The zero-order chi connectivity index (χ0) is 18.8. The van der Waals surface area contributed by atoms with Crippen molar-refractivity contribution in [3.8, 4) is 16.9 Å². The van der Waals surface area contributed by atoms with E-state index in [4.69, 9.17) is 0 Å². The number of para-hydroxylation sites is 1. The van der Waals surface area contributed by atoms with Gasteiger partial charge >= 0.3 is 0 Å². The van der Waals surface area contributed by atoms with Crippen molar-refractivity contribution in [2.45, 2.75) is 13.8 Å². The minimum absolute atomic E-state index is 0.220. The van der Waals surface area contributed by atoms with Crippen LogP contribution in [0.5, 0.6) is 0 Å². The summed E-state index contributed by atoms with van der Waals surface area (Å²) in [7, 11) is 0. The largest absolute Gasteiger partial charge is 0.298 e. The number of anilines is 1. The lowest BCUT2D eigenvalue weighted by atomic mass is 10.1. The van der Waals surface area contributed by atoms with Crippen molar-refractivity contribution in [1.29, 1.82) is 0 Å². The van der Waals surface area contributed by atoms with Crippen LogP contribution in [-0.4, -0.2) is 20.7 Å². The molecule has 4 rings (SSSR count). The van der Waals surface area contributed by atoms with Crippen LogP contribution in [0.3, 0.4) is 0 Å². The Kier molecular flexibility index (Phi) is 4.56. The first-order chi connectivity index (χ1) is 13.1. The van der Waals surface area contributed by atoms with E-state index in [0.29, 0.717) is 16.4 Å². The molecule has 6 heteroatoms. The van der Waals surface area contributed by atoms with Crippen LogP contribution < -0.4 is 5.32 Å². The highest BCUT2D eigenvalue weighted by molar-refractivity contribution is 7.13. The first kappa shape index (κ1) is 17.2. The average Bonchev–Trinajstić information content (AvgIpc) is 3.30. The molecule has 0 spiro atoms. The summed E-state index contributed by atoms with van der Waals surface area (Å²) in [4.78, 5) is 17.2. The number of amides is 1. The summed E-state index contributed by atoms with van der Waals surface area (Å²) in [5, 5.41) is 10.1. The van der Waals surface area contributed by atoms with Crippen LogP contribution in [0.1, 0.15) is 21.6 Å². The first-order valence-electron chi connectivity index (χ1n) is 8.56. The zero-order valence-corrected chi connectivity index (χ0v) is 15.8. The molecule has 4 aromatic rings. The number of rotatable bonds is 4. The summed E-state index contributed by atoms with van der Waals surface area (Å²) in [6.07, 6.45) is 1.76. The van der Waals surface area contributed by atoms with E-state index in [2.05, 4.69) is 15.4 Å². The van der Waals surface area contributed by atoms with Gasteiger partial charge in [0.2, 0.25) is 0 Å². The van der Waals surface area contributed by atoms with Crippen LogP contribution in [-0.2, 0) is 0 Å². The van der Waals surface area contributed by atoms with E-state index in [1.165, 1.54) is 11.3 Å². The Bertz CT molecular complexity index is 1080. The number of carbonyl (C=O) groups excluding carboxylic acids is 1. The van der Waals surface area contributed by atoms with Crippen LogP contribution in [0, 0.1) is 13.8 Å². The lowest BCUT2D eigenvalue weighted by molar-refractivity contribution is 0.102. The number of nitrogens with zero attached hydrogens (tertiary/aromatic N) is 3. The van der Waals surface area contributed by atoms with Crippen LogP contribution in [0.25, 0.3) is 16.9 Å². The molecule has 0 saturated carbocycles. The molecule has 0 aliphatic carbocycles. The van der Waals surface area contributed by atoms with Gasteiger partial charge in [-0.15, -0.1) is 11.3 Å². The third-order valence-corrected chi connectivity index (χ3v) is 5.02. The van der Waals surface area contributed by atoms with Crippen molar-refractivity contribution < 1.29 is 4.79 Å². The van der Waals surface area contributed by atoms with Gasteiger partial charge in [0.25, 0.3) is 5.91 Å². The van der Waals surface area contributed by atoms with Crippen LogP contribution in [0.2, 0.25) is 0 Å². The Labute approximate surface area is 161 Å². The van der Waals surface area contributed by atoms with E-state index >= 15 is 0 Å². The molecule has 0 aliphatic rings. The predicted molar refractivity (Wildman–Crippen MR) is 109 cm³/mol. The van der Waals surface area contributed by atoms with Crippen molar-refractivity contribution in [2.75, 3.05) is 5.32 Å². The molecule has 27 heavy (non-hydrogen) atoms. The predicted octanol–water partition coefficient (Wildman–Crippen LogP) is 4.86. The van der Waals surface area contributed by atoms with Crippen molar-refractivity contribution in [3.63, 3.8) is 0 Å². The van der Waals surface area contributed by atoms with Crippen LogP contribution >= 0.6 is 11.3 Å². The molecule has 2 heterocycles. The van der Waals surface area contributed by atoms with Gasteiger partial charge in [-0.1, -0.05) is 48.0 Å². The molecule has 2 aromatic carbocycles. The Balaban J connectivity index is 1.77. The summed E-state index contributed by atoms with van der Waals surface area (Å²) >= 11 is 1.41. The van der Waals surface area contributed by atoms with E-state index in [1.807, 2.05) is 73.8 Å². The highest BCUT2D eigenvalue weighted by Crippen LogP contribution is 2.25. The summed E-state index contributed by atoms with van der Waals surface area (Å²) < 4.78 is 1.73. The maximum absolute atomic E-state index is 12.9. The molecule has 0 radical (unpaired) electrons. The fraction of sp³-hybridized carbons (Fsp3) is 0.0952. The number of thiazole rings is 1. The van der Waals surface area contributed by atoms with E-state index in [9.17, 15) is 4.79 Å². The lowest BCUT2D eigenvalue weighted by Gasteiger charge is -2.03. The minimum Gasteiger partial charge on any atom is -0.298 e. The third-order valence-electron chi connectivity index (χ3n) is 4.14. The van der Waals surface area contributed by atoms with Crippen molar-refractivity contribution >= 4 is 22.4 Å². The van der Waals surface area contributed by atoms with Crippen LogP contribution in [0.15, 0.2) is 66.2 Å². The quantitative estimate of drug-likeness (QED) is 0.555. The van der Waals surface area contributed by atoms with Gasteiger partial charge in [0.05, 0.1) is 16.9 Å². The monoisotopic (exact) mass is 374 g/mol. The van der Waals surface area contributed by atoms with Crippen LogP contribution in [0.4, 0.5) is 5.13 Å². The normalized spacial score (nSPS) is 10.7. The molecule has 0 fully saturated rings. The Morgan fingerprint density at radius 3 is 2.44 bits per heavy atom. The van der Waals surface area contributed by atoms with Gasteiger partial charge in [-0.25, -0.2) is 9.67 Å². The Morgan fingerprint density at radius 1 is 1.04 bits per heavy atom. The first-order valence-corrected chi connectivity index (χ1v) is 9.44. The molecule has 5 nitrogen and oxygen atoms in total. The van der Waals surface area contributed by atoms with Gasteiger partial charge in [0.15, 0.2) is 5.13 Å². The Hall–Kier alpha value is -3.25. The van der Waals surface area contributed by atoms with E-state index < -0.39 is 0 Å². The molecular weight excluding hydrogens is 356 g/mol. The summed E-state index contributed by atoms with van der Waals surface area (Å²) in [5.41, 5.74) is 4.99. The number of carbonyl (C=O) groups is 1. The molecule has 2 aromatic heterocycles. The average molecular weight is 374 g/mol. The molecular formula is C21H18N4OS. The second kappa shape index (κ2) is 7.17. The highest BCUT2D eigenvalue weighted by Gasteiger charge is 2.19. The van der Waals surface area contributed by atoms with Gasteiger partial charge in [0, 0.05) is 17.1 Å². The topological polar surface area (TPSA) is 59.8 Å². The second-order valence-corrected chi connectivity index (χ2v) is 7.14.